The number of ether oxygens (including phenoxy) is 2. The van der Waals surface area contributed by atoms with Gasteiger partial charge in [0.05, 0.1) is 25.2 Å². The first-order valence-corrected chi connectivity index (χ1v) is 36.4. The van der Waals surface area contributed by atoms with Crippen LogP contribution in [-0.4, -0.2) is 205 Å². The molecular formula is C75H112N12O16. The Bertz CT molecular complexity index is 3370. The van der Waals surface area contributed by atoms with E-state index in [1.807, 2.05) is 62.3 Å². The Kier molecular flexibility index (Phi) is 29.8. The van der Waals surface area contributed by atoms with Crippen molar-refractivity contribution >= 4 is 82.8 Å². The second kappa shape index (κ2) is 36.9. The lowest BCUT2D eigenvalue weighted by Crippen LogP contribution is -2.61. The standard InChI is InChI=1S/C39H58N6O8.C36H54N6O8/c1-8-15-28(32(47)35(49)40-21-29(46)42-30(36(50)44(6)7)25-16-11-9-12-17-25)41-34(48)31-27-20-26(27)22-45(31)37(51)33(39(5)18-13-10-14-19-39)43-38(52)53-24(4)23(2)3;1-10-14-25(29(44)32(46)37-18-26(43)39-27(33(47)41(8)9)22-15-12-11-13-16-22)38-31(45)28-24-17-23(24)19-42(28)34(48)30(36(5,6)7)40-35(49)50-21(4)20(2)3/h9,11-12,16-17,23-24,26-28,30-31,33H,8,10,13-15,18-22H2,1-7H3,(H,40,49)(H,41,48)(H,42,46)(H,43,52);11-13,15-16,20-21,23-25,27-28,30H,10,14,17-19H2,1-9H3,(H,37,46)(H,38,45)(H,39,43)(H,40,49)/t24-,26+,27+,28+,30+,31+,33-;21-,23+,24?,25+,27+,28+,30-/m11/s1. The molecule has 2 heterocycles. The minimum Gasteiger partial charge on any atom is -0.446 e. The average molecular weight is 1440 g/mol. The first-order chi connectivity index (χ1) is 48.4. The van der Waals surface area contributed by atoms with E-state index in [4.69, 9.17) is 9.47 Å². The zero-order chi connectivity index (χ0) is 76.5. The number of alkyl carbamates (subject to hydrolysis) is 2. The molecule has 0 bridgehead atoms. The zero-order valence-electron chi connectivity index (χ0n) is 62.9. The van der Waals surface area contributed by atoms with Gasteiger partial charge in [-0.15, -0.1) is 0 Å². The van der Waals surface area contributed by atoms with Crippen molar-refractivity contribution in [1.29, 1.82) is 0 Å². The number of fused-ring (bicyclic) bond motifs is 2. The van der Waals surface area contributed by atoms with Gasteiger partial charge in [-0.1, -0.05) is 162 Å². The van der Waals surface area contributed by atoms with Crippen LogP contribution in [0.2, 0.25) is 0 Å². The zero-order valence-corrected chi connectivity index (χ0v) is 62.9. The van der Waals surface area contributed by atoms with Crippen LogP contribution in [0, 0.1) is 46.3 Å². The number of carbonyl (C=O) groups excluding carboxylic acids is 14. The molecule has 0 aromatic heterocycles. The Hall–Kier alpha value is -8.98. The molecule has 7 rings (SSSR count). The predicted octanol–water partition coefficient (Wildman–Crippen LogP) is 4.79. The van der Waals surface area contributed by atoms with E-state index in [2.05, 4.69) is 42.5 Å². The highest BCUT2D eigenvalue weighted by atomic mass is 16.6. The normalized spacial score (nSPS) is 21.3. The molecule has 3 saturated carbocycles. The largest absolute Gasteiger partial charge is 0.446 e. The maximum atomic E-state index is 14.4. The number of nitrogens with one attached hydrogen (secondary N) is 8. The number of carbonyl (C=O) groups is 14. The van der Waals surface area contributed by atoms with Crippen LogP contribution in [0.25, 0.3) is 0 Å². The highest BCUT2D eigenvalue weighted by molar-refractivity contribution is 6.39. The number of ketones is 2. The summed E-state index contributed by atoms with van der Waals surface area (Å²) in [6.07, 6.45) is 4.96. The first-order valence-electron chi connectivity index (χ1n) is 36.4. The van der Waals surface area contributed by atoms with Crippen molar-refractivity contribution in [2.45, 2.75) is 214 Å². The van der Waals surface area contributed by atoms with Crippen molar-refractivity contribution in [3.05, 3.63) is 71.8 Å². The van der Waals surface area contributed by atoms with E-state index < -0.39 is 137 Å². The number of hydrogen-bond acceptors (Lipinski definition) is 16. The molecule has 8 N–H and O–H groups in total. The monoisotopic (exact) mass is 1440 g/mol. The Morgan fingerprint density at radius 3 is 1.26 bits per heavy atom. The van der Waals surface area contributed by atoms with Gasteiger partial charge in [0.15, 0.2) is 0 Å². The van der Waals surface area contributed by atoms with E-state index in [1.165, 1.54) is 14.7 Å². The molecule has 103 heavy (non-hydrogen) atoms. The van der Waals surface area contributed by atoms with Crippen LogP contribution in [0.15, 0.2) is 60.7 Å². The molecule has 2 aromatic carbocycles. The summed E-state index contributed by atoms with van der Waals surface area (Å²) in [6, 6.07) is 9.28. The van der Waals surface area contributed by atoms with Crippen molar-refractivity contribution in [2.24, 2.45) is 46.3 Å². The van der Waals surface area contributed by atoms with Gasteiger partial charge in [0.25, 0.3) is 11.8 Å². The van der Waals surface area contributed by atoms with Crippen molar-refractivity contribution in [2.75, 3.05) is 54.4 Å². The van der Waals surface area contributed by atoms with Gasteiger partial charge in [0.1, 0.15) is 48.5 Å². The molecule has 28 nitrogen and oxygen atoms in total. The number of likely N-dealkylation sites (tertiary alicyclic amines) is 2. The third-order valence-electron chi connectivity index (χ3n) is 20.4. The summed E-state index contributed by atoms with van der Waals surface area (Å²) in [5.74, 6) is -7.74. The second-order valence-electron chi connectivity index (χ2n) is 30.7. The molecule has 2 saturated heterocycles. The summed E-state index contributed by atoms with van der Waals surface area (Å²) in [5, 5.41) is 20.9. The van der Waals surface area contributed by atoms with Gasteiger partial charge in [0, 0.05) is 41.3 Å². The molecule has 0 radical (unpaired) electrons. The number of hydrogen-bond donors (Lipinski definition) is 8. The summed E-state index contributed by atoms with van der Waals surface area (Å²) in [6.45, 7) is 21.9. The first kappa shape index (κ1) is 83.0. The molecular weight excluding hydrogens is 1320 g/mol. The summed E-state index contributed by atoms with van der Waals surface area (Å²) in [4.78, 5) is 192. The topological polar surface area (TPSA) is 367 Å². The fourth-order valence-corrected chi connectivity index (χ4v) is 13.4. The number of piperidine rings is 2. The Labute approximate surface area is 605 Å². The number of Topliss-reactive ketones (excluding diaryl/α,β-unsaturated/α-hetero) is 2. The fourth-order valence-electron chi connectivity index (χ4n) is 13.4. The van der Waals surface area contributed by atoms with Crippen LogP contribution in [0.3, 0.4) is 0 Å². The minimum atomic E-state index is -1.19. The molecule has 0 spiro atoms. The lowest BCUT2D eigenvalue weighted by Gasteiger charge is -2.42. The van der Waals surface area contributed by atoms with Crippen molar-refractivity contribution < 1.29 is 76.6 Å². The summed E-state index contributed by atoms with van der Waals surface area (Å²) >= 11 is 0. The lowest BCUT2D eigenvalue weighted by molar-refractivity contribution is -0.145. The van der Waals surface area contributed by atoms with Crippen LogP contribution in [0.1, 0.15) is 177 Å². The highest BCUT2D eigenvalue weighted by Gasteiger charge is 2.60. The molecule has 28 heteroatoms. The number of amides is 12. The summed E-state index contributed by atoms with van der Waals surface area (Å²) in [7, 11) is 6.24. The molecule has 5 aliphatic rings. The van der Waals surface area contributed by atoms with Gasteiger partial charge < -0.3 is 71.6 Å². The molecule has 1 unspecified atom stereocenters. The van der Waals surface area contributed by atoms with Gasteiger partial charge in [-0.05, 0) is 110 Å². The number of nitrogens with zero attached hydrogens (tertiary/aromatic N) is 4. The number of likely N-dealkylation sites (N-methyl/N-ethyl adjacent to an activating group) is 2. The molecule has 2 aliphatic heterocycles. The SMILES string of the molecule is CCC[C@H](NC(=O)[C@@H]1C2C[C@H]2CN1C(=O)[C@@H](NC(=O)O[C@H](C)C(C)C)C(C)(C)C)C(=O)C(=O)NCC(=O)N[C@H](C(=O)N(C)C)c1ccccc1.CCC[C@H](NC(=O)[C@@H]1[C@H]2C[C@H]2CN1C(=O)[C@@H](NC(=O)O[C@H](C)C(C)C)C1(C)CCCCC1)C(=O)C(=O)NCC(=O)N[C@H](C(=O)N(C)C)c1ccccc1. The maximum Gasteiger partial charge on any atom is 0.408 e. The summed E-state index contributed by atoms with van der Waals surface area (Å²) < 4.78 is 11.1. The average Bonchev–Trinajstić information content (AvgIpc) is 1.59. The number of rotatable bonds is 31. The van der Waals surface area contributed by atoms with Gasteiger partial charge in [-0.3, -0.25) is 57.5 Å². The fraction of sp³-hybridized carbons (Fsp3) is 0.653. The molecule has 5 fully saturated rings. The Morgan fingerprint density at radius 2 is 0.903 bits per heavy atom. The summed E-state index contributed by atoms with van der Waals surface area (Å²) in [5.41, 5.74) is -0.137. The van der Waals surface area contributed by atoms with Crippen LogP contribution in [0.5, 0.6) is 0 Å². The van der Waals surface area contributed by atoms with Gasteiger partial charge in [0.2, 0.25) is 58.8 Å². The van der Waals surface area contributed by atoms with Crippen LogP contribution in [-0.2, 0) is 67.0 Å². The molecule has 2 aromatic rings. The molecule has 12 amide bonds. The quantitative estimate of drug-likeness (QED) is 0.0470. The van der Waals surface area contributed by atoms with Gasteiger partial charge in [-0.2, -0.15) is 0 Å². The van der Waals surface area contributed by atoms with E-state index in [0.717, 1.165) is 44.9 Å². The third kappa shape index (κ3) is 22.5. The molecule has 3 aliphatic carbocycles. The van der Waals surface area contributed by atoms with Gasteiger partial charge in [-0.25, -0.2) is 9.59 Å². The molecule has 14 atom stereocenters. The van der Waals surface area contributed by atoms with E-state index in [1.54, 1.807) is 115 Å². The van der Waals surface area contributed by atoms with Crippen molar-refractivity contribution in [1.82, 2.24) is 62.1 Å². The van der Waals surface area contributed by atoms with Crippen LogP contribution < -0.4 is 42.5 Å². The van der Waals surface area contributed by atoms with Crippen molar-refractivity contribution in [3.63, 3.8) is 0 Å². The lowest BCUT2D eigenvalue weighted by atomic mass is 9.70. The predicted molar refractivity (Wildman–Crippen MR) is 382 cm³/mol. The maximum absolute atomic E-state index is 14.4. The van der Waals surface area contributed by atoms with Gasteiger partial charge >= 0.3 is 12.2 Å². The minimum absolute atomic E-state index is 0.0760. The van der Waals surface area contributed by atoms with Crippen molar-refractivity contribution in [3.8, 4) is 0 Å². The molecule has 568 valence electrons. The highest BCUT2D eigenvalue weighted by Crippen LogP contribution is 2.52. The second-order valence-corrected chi connectivity index (χ2v) is 30.7. The van der Waals surface area contributed by atoms with E-state index in [9.17, 15) is 67.1 Å². The Morgan fingerprint density at radius 1 is 0.524 bits per heavy atom. The third-order valence-corrected chi connectivity index (χ3v) is 20.4. The Balaban J connectivity index is 0.000000324. The smallest absolute Gasteiger partial charge is 0.408 e. The number of benzene rings is 2. The van der Waals surface area contributed by atoms with Crippen LogP contribution in [0.4, 0.5) is 9.59 Å². The van der Waals surface area contributed by atoms with E-state index in [-0.39, 0.29) is 78.3 Å². The van der Waals surface area contributed by atoms with Crippen LogP contribution >= 0.6 is 0 Å². The van der Waals surface area contributed by atoms with E-state index in [0.29, 0.717) is 37.1 Å². The van der Waals surface area contributed by atoms with E-state index >= 15 is 0 Å².